The molecule has 1 heterocycles. The van der Waals surface area contributed by atoms with E-state index in [1.54, 1.807) is 6.20 Å². The van der Waals surface area contributed by atoms with Crippen LogP contribution in [0.4, 0.5) is 0 Å². The van der Waals surface area contributed by atoms with E-state index in [9.17, 15) is 9.90 Å². The molecule has 1 fully saturated rings. The van der Waals surface area contributed by atoms with Gasteiger partial charge in [-0.3, -0.25) is 9.78 Å². The standard InChI is InChI=1S/C11H13NO2.C6H14O2.C2H4/c13-9-4-6-11(14,7-5-9)10-3-1-2-8-12-10;1-4-7-6(3)8-5-2;1-2/h1-3,8,14H,4-7H2;6H,4-5H2,1-3H3;1-2H2. The van der Waals surface area contributed by atoms with Crippen LogP contribution in [0, 0.1) is 0 Å². The highest BCUT2D eigenvalue weighted by Gasteiger charge is 2.34. The van der Waals surface area contributed by atoms with Gasteiger partial charge in [-0.25, -0.2) is 0 Å². The van der Waals surface area contributed by atoms with Crippen molar-refractivity contribution in [2.45, 2.75) is 58.3 Å². The molecule has 5 heteroatoms. The summed E-state index contributed by atoms with van der Waals surface area (Å²) in [5.74, 6) is 0.241. The Labute approximate surface area is 145 Å². The van der Waals surface area contributed by atoms with Gasteiger partial charge in [0.05, 0.1) is 5.69 Å². The molecule has 136 valence electrons. The lowest BCUT2D eigenvalue weighted by molar-refractivity contribution is -0.126. The number of rotatable bonds is 5. The lowest BCUT2D eigenvalue weighted by Crippen LogP contribution is -2.32. The number of carbonyl (C=O) groups excluding carboxylic acids is 1. The molecule has 1 aromatic rings. The molecule has 0 saturated heterocycles. The van der Waals surface area contributed by atoms with E-state index in [0.717, 1.165) is 13.2 Å². The number of carbonyl (C=O) groups is 1. The fourth-order valence-corrected chi connectivity index (χ4v) is 2.35. The van der Waals surface area contributed by atoms with Crippen LogP contribution in [0.3, 0.4) is 0 Å². The molecule has 1 aliphatic carbocycles. The number of ether oxygens (including phenoxy) is 2. The van der Waals surface area contributed by atoms with E-state index in [1.807, 2.05) is 39.0 Å². The molecule has 1 aromatic heterocycles. The summed E-state index contributed by atoms with van der Waals surface area (Å²) >= 11 is 0. The van der Waals surface area contributed by atoms with Crippen LogP contribution in [-0.2, 0) is 19.9 Å². The van der Waals surface area contributed by atoms with Gasteiger partial charge in [0.1, 0.15) is 11.4 Å². The fraction of sp³-hybridized carbons (Fsp3) is 0.579. The van der Waals surface area contributed by atoms with E-state index in [0.29, 0.717) is 31.4 Å². The van der Waals surface area contributed by atoms with Gasteiger partial charge in [-0.15, -0.1) is 13.2 Å². The number of hydrogen-bond acceptors (Lipinski definition) is 5. The summed E-state index contributed by atoms with van der Waals surface area (Å²) in [6.45, 7) is 13.3. The lowest BCUT2D eigenvalue weighted by atomic mass is 9.81. The number of Topliss-reactive ketones (excluding diaryl/α,β-unsaturated/α-hetero) is 1. The predicted molar refractivity (Wildman–Crippen MR) is 95.6 cm³/mol. The molecule has 5 nitrogen and oxygen atoms in total. The minimum absolute atomic E-state index is 0.0370. The van der Waals surface area contributed by atoms with Crippen molar-refractivity contribution in [3.05, 3.63) is 43.2 Å². The number of aromatic nitrogens is 1. The number of aliphatic hydroxyl groups is 1. The maximum Gasteiger partial charge on any atom is 0.154 e. The van der Waals surface area contributed by atoms with E-state index in [-0.39, 0.29) is 12.1 Å². The van der Waals surface area contributed by atoms with Crippen molar-refractivity contribution < 1.29 is 19.4 Å². The monoisotopic (exact) mass is 337 g/mol. The summed E-state index contributed by atoms with van der Waals surface area (Å²) < 4.78 is 10.1. The topological polar surface area (TPSA) is 68.7 Å². The average molecular weight is 337 g/mol. The van der Waals surface area contributed by atoms with Crippen molar-refractivity contribution in [3.63, 3.8) is 0 Å². The number of hydrogen-bond donors (Lipinski definition) is 1. The molecule has 1 N–H and O–H groups in total. The molecule has 0 unspecified atom stereocenters. The Balaban J connectivity index is 0.000000456. The summed E-state index contributed by atoms with van der Waals surface area (Å²) in [5.41, 5.74) is -0.192. The van der Waals surface area contributed by atoms with Gasteiger partial charge < -0.3 is 14.6 Å². The van der Waals surface area contributed by atoms with E-state index >= 15 is 0 Å². The zero-order valence-electron chi connectivity index (χ0n) is 15.2. The quantitative estimate of drug-likeness (QED) is 0.656. The van der Waals surface area contributed by atoms with E-state index < -0.39 is 5.60 Å². The second-order valence-electron chi connectivity index (χ2n) is 5.26. The fourth-order valence-electron chi connectivity index (χ4n) is 2.35. The first-order chi connectivity index (χ1) is 11.5. The van der Waals surface area contributed by atoms with Crippen molar-refractivity contribution in [1.82, 2.24) is 4.98 Å². The largest absolute Gasteiger partial charge is 0.384 e. The summed E-state index contributed by atoms with van der Waals surface area (Å²) in [6, 6.07) is 5.49. The maximum absolute atomic E-state index is 11.1. The van der Waals surface area contributed by atoms with E-state index in [4.69, 9.17) is 9.47 Å². The van der Waals surface area contributed by atoms with Crippen LogP contribution < -0.4 is 0 Å². The van der Waals surface area contributed by atoms with Gasteiger partial charge in [0.2, 0.25) is 0 Å². The van der Waals surface area contributed by atoms with Crippen molar-refractivity contribution >= 4 is 5.78 Å². The highest BCUT2D eigenvalue weighted by atomic mass is 16.7. The molecule has 0 amide bonds. The molecular weight excluding hydrogens is 306 g/mol. The Bertz CT molecular complexity index is 434. The van der Waals surface area contributed by atoms with Crippen LogP contribution in [0.25, 0.3) is 0 Å². The summed E-state index contributed by atoms with van der Waals surface area (Å²) in [5, 5.41) is 10.2. The smallest absolute Gasteiger partial charge is 0.154 e. The summed E-state index contributed by atoms with van der Waals surface area (Å²) in [6.07, 6.45) is 3.57. The predicted octanol–water partition coefficient (Wildman–Crippen LogP) is 3.62. The third-order valence-electron chi connectivity index (χ3n) is 3.58. The number of pyridine rings is 1. The first-order valence-corrected chi connectivity index (χ1v) is 8.40. The molecule has 1 aliphatic rings. The molecule has 24 heavy (non-hydrogen) atoms. The van der Waals surface area contributed by atoms with Crippen molar-refractivity contribution in [1.29, 1.82) is 0 Å². The highest BCUT2D eigenvalue weighted by molar-refractivity contribution is 5.79. The van der Waals surface area contributed by atoms with E-state index in [2.05, 4.69) is 18.1 Å². The Morgan fingerprint density at radius 3 is 2.17 bits per heavy atom. The Morgan fingerprint density at radius 2 is 1.75 bits per heavy atom. The first-order valence-electron chi connectivity index (χ1n) is 8.40. The zero-order valence-corrected chi connectivity index (χ0v) is 15.2. The molecule has 0 aliphatic heterocycles. The van der Waals surface area contributed by atoms with Gasteiger partial charge in [0.25, 0.3) is 0 Å². The van der Waals surface area contributed by atoms with Crippen molar-refractivity contribution in [3.8, 4) is 0 Å². The third-order valence-corrected chi connectivity index (χ3v) is 3.58. The Morgan fingerprint density at radius 1 is 1.21 bits per heavy atom. The molecule has 1 saturated carbocycles. The van der Waals surface area contributed by atoms with Crippen LogP contribution in [0.15, 0.2) is 37.6 Å². The molecule has 0 bridgehead atoms. The maximum atomic E-state index is 11.1. The average Bonchev–Trinajstić information content (AvgIpc) is 2.61. The summed E-state index contributed by atoms with van der Waals surface area (Å²) in [4.78, 5) is 15.2. The Hall–Kier alpha value is -1.56. The Kier molecular flexibility index (Phi) is 12.0. The van der Waals surface area contributed by atoms with Gasteiger partial charge >= 0.3 is 0 Å². The minimum atomic E-state index is -0.880. The van der Waals surface area contributed by atoms with Gasteiger partial charge in [0.15, 0.2) is 6.29 Å². The van der Waals surface area contributed by atoms with Gasteiger partial charge in [0, 0.05) is 32.3 Å². The van der Waals surface area contributed by atoms with Crippen LogP contribution in [0.5, 0.6) is 0 Å². The highest BCUT2D eigenvalue weighted by Crippen LogP contribution is 2.34. The molecular formula is C19H31NO4. The molecule has 0 spiro atoms. The van der Waals surface area contributed by atoms with Crippen molar-refractivity contribution in [2.24, 2.45) is 0 Å². The van der Waals surface area contributed by atoms with Crippen molar-refractivity contribution in [2.75, 3.05) is 13.2 Å². The van der Waals surface area contributed by atoms with Crippen LogP contribution in [0.1, 0.15) is 52.1 Å². The summed E-state index contributed by atoms with van der Waals surface area (Å²) in [7, 11) is 0. The number of ketones is 1. The second kappa shape index (κ2) is 12.8. The first kappa shape index (κ1) is 22.4. The van der Waals surface area contributed by atoms with Gasteiger partial charge in [-0.2, -0.15) is 0 Å². The molecule has 2 rings (SSSR count). The molecule has 0 atom stereocenters. The van der Waals surface area contributed by atoms with Gasteiger partial charge in [-0.1, -0.05) is 6.07 Å². The molecule has 0 aromatic carbocycles. The zero-order chi connectivity index (χ0) is 18.4. The number of nitrogens with zero attached hydrogens (tertiary/aromatic N) is 1. The van der Waals surface area contributed by atoms with Crippen LogP contribution in [0.2, 0.25) is 0 Å². The lowest BCUT2D eigenvalue weighted by Gasteiger charge is -2.30. The normalized spacial score (nSPS) is 15.8. The molecule has 0 radical (unpaired) electrons. The SMILES string of the molecule is C=C.CCOC(C)OCC.O=C1CCC(O)(c2ccccn2)CC1. The van der Waals surface area contributed by atoms with Crippen LogP contribution in [-0.4, -0.2) is 35.4 Å². The van der Waals surface area contributed by atoms with Gasteiger partial charge in [-0.05, 0) is 45.7 Å². The van der Waals surface area contributed by atoms with E-state index in [1.165, 1.54) is 0 Å². The third kappa shape index (κ3) is 8.34. The minimum Gasteiger partial charge on any atom is -0.384 e. The second-order valence-corrected chi connectivity index (χ2v) is 5.26. The van der Waals surface area contributed by atoms with Crippen LogP contribution >= 0.6 is 0 Å².